The van der Waals surface area contributed by atoms with E-state index in [9.17, 15) is 13.2 Å². The predicted molar refractivity (Wildman–Crippen MR) is 66.9 cm³/mol. The molecule has 2 N–H and O–H groups in total. The Hall–Kier alpha value is -1.63. The molecule has 1 heterocycles. The highest BCUT2D eigenvalue weighted by Crippen LogP contribution is 2.19. The van der Waals surface area contributed by atoms with Crippen LogP contribution in [0.1, 0.15) is 31.1 Å². The number of pyridine rings is 1. The van der Waals surface area contributed by atoms with Crippen LogP contribution in [0.4, 0.5) is 5.82 Å². The summed E-state index contributed by atoms with van der Waals surface area (Å²) < 4.78 is 27.9. The van der Waals surface area contributed by atoms with Crippen molar-refractivity contribution in [2.75, 3.05) is 12.0 Å². The molecule has 0 saturated carbocycles. The van der Waals surface area contributed by atoms with Crippen LogP contribution < -0.4 is 5.73 Å². The summed E-state index contributed by atoms with van der Waals surface area (Å²) in [4.78, 5) is 15.4. The minimum absolute atomic E-state index is 0.0483. The second-order valence-corrected chi connectivity index (χ2v) is 6.89. The Bertz CT molecular complexity index is 573. The van der Waals surface area contributed by atoms with E-state index in [1.807, 2.05) is 0 Å². The Kier molecular flexibility index (Phi) is 3.66. The van der Waals surface area contributed by atoms with Crippen molar-refractivity contribution in [3.8, 4) is 0 Å². The van der Waals surface area contributed by atoms with Crippen LogP contribution in [0, 0.1) is 0 Å². The van der Waals surface area contributed by atoms with Crippen molar-refractivity contribution in [3.05, 3.63) is 17.8 Å². The third-order valence-electron chi connectivity index (χ3n) is 1.94. The van der Waals surface area contributed by atoms with E-state index in [4.69, 9.17) is 10.5 Å². The fourth-order valence-electron chi connectivity index (χ4n) is 1.16. The normalized spacial score (nSPS) is 12.2. The van der Waals surface area contributed by atoms with Crippen molar-refractivity contribution in [2.24, 2.45) is 0 Å². The molecule has 1 rings (SSSR count). The first-order chi connectivity index (χ1) is 8.00. The summed E-state index contributed by atoms with van der Waals surface area (Å²) in [5, 5.41) is 0. The van der Waals surface area contributed by atoms with Crippen LogP contribution in [0.2, 0.25) is 0 Å². The van der Waals surface area contributed by atoms with Crippen molar-refractivity contribution in [3.63, 3.8) is 0 Å². The van der Waals surface area contributed by atoms with Gasteiger partial charge in [0.25, 0.3) is 0 Å². The second-order valence-electron chi connectivity index (χ2n) is 4.88. The van der Waals surface area contributed by atoms with E-state index in [0.29, 0.717) is 0 Å². The molecule has 6 nitrogen and oxygen atoms in total. The van der Waals surface area contributed by atoms with Crippen molar-refractivity contribution >= 4 is 21.6 Å². The van der Waals surface area contributed by atoms with E-state index < -0.39 is 21.4 Å². The molecule has 0 unspecified atom stereocenters. The van der Waals surface area contributed by atoms with Gasteiger partial charge >= 0.3 is 5.97 Å². The standard InChI is InChI=1S/C11H16N2O4S/c1-11(2,3)17-10(14)8-5-7(18(4,15)16)6-13-9(8)12/h5-6H,1-4H3,(H2,12,13). The molecule has 0 atom stereocenters. The summed E-state index contributed by atoms with van der Waals surface area (Å²) in [5.41, 5.74) is 4.81. The van der Waals surface area contributed by atoms with Crippen molar-refractivity contribution in [2.45, 2.75) is 31.3 Å². The molecule has 0 aromatic carbocycles. The van der Waals surface area contributed by atoms with Crippen LogP contribution in [0.15, 0.2) is 17.2 Å². The number of hydrogen-bond acceptors (Lipinski definition) is 6. The number of esters is 1. The molecule has 0 aliphatic heterocycles. The van der Waals surface area contributed by atoms with Gasteiger partial charge in [0, 0.05) is 12.5 Å². The Morgan fingerprint density at radius 3 is 2.39 bits per heavy atom. The Morgan fingerprint density at radius 1 is 1.39 bits per heavy atom. The van der Waals surface area contributed by atoms with Crippen LogP contribution in [0.3, 0.4) is 0 Å². The van der Waals surface area contributed by atoms with Crippen LogP contribution in [0.5, 0.6) is 0 Å². The summed E-state index contributed by atoms with van der Waals surface area (Å²) >= 11 is 0. The number of anilines is 1. The molecular weight excluding hydrogens is 256 g/mol. The SMILES string of the molecule is CC(C)(C)OC(=O)c1cc(S(C)(=O)=O)cnc1N. The van der Waals surface area contributed by atoms with E-state index in [1.54, 1.807) is 20.8 Å². The van der Waals surface area contributed by atoms with Gasteiger partial charge in [-0.25, -0.2) is 18.2 Å². The molecule has 0 saturated heterocycles. The Balaban J connectivity index is 3.21. The zero-order valence-corrected chi connectivity index (χ0v) is 11.5. The quantitative estimate of drug-likeness (QED) is 0.807. The van der Waals surface area contributed by atoms with Gasteiger partial charge in [0.1, 0.15) is 17.0 Å². The van der Waals surface area contributed by atoms with E-state index in [1.165, 1.54) is 6.07 Å². The molecule has 7 heteroatoms. The number of nitrogens with zero attached hydrogens (tertiary/aromatic N) is 1. The van der Waals surface area contributed by atoms with Crippen molar-refractivity contribution in [1.82, 2.24) is 4.98 Å². The third-order valence-corrected chi connectivity index (χ3v) is 3.02. The highest BCUT2D eigenvalue weighted by molar-refractivity contribution is 7.90. The fraction of sp³-hybridized carbons (Fsp3) is 0.455. The van der Waals surface area contributed by atoms with Crippen molar-refractivity contribution in [1.29, 1.82) is 0 Å². The number of carbonyl (C=O) groups is 1. The first-order valence-electron chi connectivity index (χ1n) is 5.19. The minimum atomic E-state index is -3.45. The number of aromatic nitrogens is 1. The average Bonchev–Trinajstić information content (AvgIpc) is 2.13. The maximum atomic E-state index is 11.8. The largest absolute Gasteiger partial charge is 0.456 e. The molecule has 1 aromatic heterocycles. The first-order valence-corrected chi connectivity index (χ1v) is 7.09. The monoisotopic (exact) mass is 272 g/mol. The lowest BCUT2D eigenvalue weighted by Crippen LogP contribution is -2.24. The van der Waals surface area contributed by atoms with Gasteiger partial charge in [-0.05, 0) is 26.8 Å². The minimum Gasteiger partial charge on any atom is -0.456 e. The molecule has 0 amide bonds. The molecule has 0 spiro atoms. The van der Waals surface area contributed by atoms with E-state index in [2.05, 4.69) is 4.98 Å². The zero-order chi connectivity index (χ0) is 14.1. The van der Waals surface area contributed by atoms with Gasteiger partial charge in [0.2, 0.25) is 0 Å². The lowest BCUT2D eigenvalue weighted by atomic mass is 10.2. The molecule has 0 fully saturated rings. The number of ether oxygens (including phenoxy) is 1. The fourth-order valence-corrected chi connectivity index (χ4v) is 1.73. The van der Waals surface area contributed by atoms with Gasteiger partial charge < -0.3 is 10.5 Å². The van der Waals surface area contributed by atoms with E-state index in [-0.39, 0.29) is 16.3 Å². The maximum absolute atomic E-state index is 11.8. The molecule has 0 aliphatic rings. The van der Waals surface area contributed by atoms with Crippen LogP contribution in [0.25, 0.3) is 0 Å². The van der Waals surface area contributed by atoms with Gasteiger partial charge in [-0.15, -0.1) is 0 Å². The molecule has 0 bridgehead atoms. The van der Waals surface area contributed by atoms with Gasteiger partial charge in [0.05, 0.1) is 4.90 Å². The predicted octanol–water partition coefficient (Wildman–Crippen LogP) is 1.02. The summed E-state index contributed by atoms with van der Waals surface area (Å²) in [6, 6.07) is 1.17. The van der Waals surface area contributed by atoms with Gasteiger partial charge in [-0.3, -0.25) is 0 Å². The van der Waals surface area contributed by atoms with Gasteiger partial charge in [-0.2, -0.15) is 0 Å². The molecule has 18 heavy (non-hydrogen) atoms. The van der Waals surface area contributed by atoms with Crippen LogP contribution in [-0.2, 0) is 14.6 Å². The number of nitrogen functional groups attached to an aromatic ring is 1. The summed E-state index contributed by atoms with van der Waals surface area (Å²) in [6.45, 7) is 5.11. The van der Waals surface area contributed by atoms with E-state index in [0.717, 1.165) is 12.5 Å². The van der Waals surface area contributed by atoms with Gasteiger partial charge in [-0.1, -0.05) is 0 Å². The third kappa shape index (κ3) is 3.69. The number of rotatable bonds is 2. The molecular formula is C11H16N2O4S. The lowest BCUT2D eigenvalue weighted by Gasteiger charge is -2.19. The van der Waals surface area contributed by atoms with Crippen molar-refractivity contribution < 1.29 is 17.9 Å². The Morgan fingerprint density at radius 2 is 1.94 bits per heavy atom. The zero-order valence-electron chi connectivity index (χ0n) is 10.7. The smallest absolute Gasteiger partial charge is 0.342 e. The lowest BCUT2D eigenvalue weighted by molar-refractivity contribution is 0.00702. The first kappa shape index (κ1) is 14.4. The summed E-state index contributed by atoms with van der Waals surface area (Å²) in [7, 11) is -3.45. The number of hydrogen-bond donors (Lipinski definition) is 1. The topological polar surface area (TPSA) is 99.4 Å². The summed E-state index contributed by atoms with van der Waals surface area (Å²) in [5.74, 6) is -0.755. The summed E-state index contributed by atoms with van der Waals surface area (Å²) in [6.07, 6.45) is 2.14. The van der Waals surface area contributed by atoms with Crippen LogP contribution in [-0.4, -0.2) is 31.2 Å². The molecule has 1 aromatic rings. The molecule has 0 radical (unpaired) electrons. The second kappa shape index (κ2) is 4.56. The maximum Gasteiger partial charge on any atom is 0.342 e. The number of sulfone groups is 1. The molecule has 0 aliphatic carbocycles. The van der Waals surface area contributed by atoms with Crippen LogP contribution >= 0.6 is 0 Å². The number of carbonyl (C=O) groups excluding carboxylic acids is 1. The highest BCUT2D eigenvalue weighted by atomic mass is 32.2. The van der Waals surface area contributed by atoms with Gasteiger partial charge in [0.15, 0.2) is 9.84 Å². The van der Waals surface area contributed by atoms with E-state index >= 15 is 0 Å². The highest BCUT2D eigenvalue weighted by Gasteiger charge is 2.22. The average molecular weight is 272 g/mol. The molecule has 100 valence electrons. The Labute approximate surface area is 106 Å². The number of nitrogens with two attached hydrogens (primary N) is 1.